The van der Waals surface area contributed by atoms with Crippen molar-refractivity contribution in [3.63, 3.8) is 0 Å². The number of carboxylic acid groups (broad SMARTS) is 1. The van der Waals surface area contributed by atoms with Crippen LogP contribution in [-0.4, -0.2) is 86.8 Å². The molecular weight excluding hydrogens is 527 g/mol. The Bertz CT molecular complexity index is 1320. The number of halogens is 1. The standard InChI is InChI=1S/C26H31FN6O3.2H2S/c1-15-7-17-11-28-33(25-10-24(29-16(2)30-25)32-12-19-8-18(32)14-36-19)23(17)9-21(15)20-3-5-31(13-22(20)27)6-4-26(34)35;;/h7,9-11,18-20,22H,3-6,8,12-14H2,1-2H3,(H,34,35);2*1H2/t18-,19-,20?,22?;;/m0../s1. The molecule has 4 atom stereocenters. The van der Waals surface area contributed by atoms with Crippen LogP contribution >= 0.6 is 27.0 Å². The van der Waals surface area contributed by atoms with E-state index < -0.39 is 12.1 Å². The molecule has 2 aromatic heterocycles. The maximum Gasteiger partial charge on any atom is 0.304 e. The second kappa shape index (κ2) is 11.4. The van der Waals surface area contributed by atoms with Crippen LogP contribution in [-0.2, 0) is 9.53 Å². The maximum absolute atomic E-state index is 15.3. The van der Waals surface area contributed by atoms with Crippen molar-refractivity contribution < 1.29 is 19.0 Å². The summed E-state index contributed by atoms with van der Waals surface area (Å²) in [6.45, 7) is 6.81. The van der Waals surface area contributed by atoms with Crippen LogP contribution in [0.2, 0.25) is 0 Å². The van der Waals surface area contributed by atoms with Crippen molar-refractivity contribution >= 4 is 49.7 Å². The van der Waals surface area contributed by atoms with Crippen LogP contribution < -0.4 is 4.90 Å². The van der Waals surface area contributed by atoms with Gasteiger partial charge in [-0.2, -0.15) is 32.1 Å². The van der Waals surface area contributed by atoms with Crippen molar-refractivity contribution in [3.05, 3.63) is 41.3 Å². The van der Waals surface area contributed by atoms with E-state index in [1.165, 1.54) is 0 Å². The minimum absolute atomic E-state index is 0. The third kappa shape index (κ3) is 5.36. The number of aliphatic carboxylic acids is 1. The Kier molecular flexibility index (Phi) is 8.55. The molecule has 3 aliphatic rings. The molecule has 0 spiro atoms. The third-order valence-electron chi connectivity index (χ3n) is 7.85. The molecule has 12 heteroatoms. The molecule has 206 valence electrons. The number of likely N-dealkylation sites (tertiary alicyclic amines) is 1. The molecule has 3 aromatic rings. The number of carbonyl (C=O) groups is 1. The average Bonchev–Trinajstić information content (AvgIpc) is 3.58. The van der Waals surface area contributed by atoms with Gasteiger partial charge in [-0.05, 0) is 56.5 Å². The van der Waals surface area contributed by atoms with Crippen LogP contribution in [0.4, 0.5) is 10.2 Å². The first kappa shape index (κ1) is 28.6. The fraction of sp³-hybridized carbons (Fsp3) is 0.538. The zero-order valence-corrected chi connectivity index (χ0v) is 23.6. The van der Waals surface area contributed by atoms with Gasteiger partial charge < -0.3 is 14.7 Å². The molecule has 1 N–H and O–H groups in total. The van der Waals surface area contributed by atoms with Gasteiger partial charge in [0.2, 0.25) is 0 Å². The molecule has 2 unspecified atom stereocenters. The molecule has 2 bridgehead atoms. The Hall–Kier alpha value is -2.41. The van der Waals surface area contributed by atoms with Gasteiger partial charge in [-0.25, -0.2) is 19.0 Å². The molecule has 0 saturated carbocycles. The summed E-state index contributed by atoms with van der Waals surface area (Å²) in [6, 6.07) is 6.47. The Morgan fingerprint density at radius 2 is 1.95 bits per heavy atom. The number of morpholine rings is 1. The van der Waals surface area contributed by atoms with E-state index in [2.05, 4.69) is 27.1 Å². The number of alkyl halides is 1. The number of aryl methyl sites for hydroxylation is 2. The van der Waals surface area contributed by atoms with Crippen LogP contribution in [0.5, 0.6) is 0 Å². The fourth-order valence-corrected chi connectivity index (χ4v) is 6.03. The molecule has 3 fully saturated rings. The number of piperidine rings is 1. The second-order valence-corrected chi connectivity index (χ2v) is 10.3. The third-order valence-corrected chi connectivity index (χ3v) is 7.85. The molecule has 0 amide bonds. The van der Waals surface area contributed by atoms with Crippen LogP contribution in [0, 0.1) is 13.8 Å². The number of aromatic nitrogens is 4. The van der Waals surface area contributed by atoms with Gasteiger partial charge in [-0.3, -0.25) is 9.69 Å². The van der Waals surface area contributed by atoms with Crippen molar-refractivity contribution in [2.75, 3.05) is 37.7 Å². The number of rotatable bonds is 6. The number of carboxylic acids is 1. The highest BCUT2D eigenvalue weighted by Gasteiger charge is 2.40. The first-order chi connectivity index (χ1) is 17.4. The lowest BCUT2D eigenvalue weighted by molar-refractivity contribution is -0.137. The van der Waals surface area contributed by atoms with Crippen molar-refractivity contribution in [2.45, 2.75) is 57.3 Å². The molecule has 3 aliphatic heterocycles. The van der Waals surface area contributed by atoms with E-state index in [9.17, 15) is 4.79 Å². The normalized spacial score (nSPS) is 24.9. The molecule has 9 nitrogen and oxygen atoms in total. The predicted molar refractivity (Wildman–Crippen MR) is 153 cm³/mol. The van der Waals surface area contributed by atoms with Crippen molar-refractivity contribution in [3.8, 4) is 5.82 Å². The Morgan fingerprint density at radius 3 is 2.63 bits per heavy atom. The molecule has 0 aliphatic carbocycles. The van der Waals surface area contributed by atoms with Gasteiger partial charge in [0.25, 0.3) is 0 Å². The number of ether oxygens (including phenoxy) is 1. The van der Waals surface area contributed by atoms with Crippen molar-refractivity contribution in [2.24, 2.45) is 0 Å². The monoisotopic (exact) mass is 562 g/mol. The number of nitrogens with zero attached hydrogens (tertiary/aromatic N) is 6. The topological polar surface area (TPSA) is 96.6 Å². The first-order valence-electron chi connectivity index (χ1n) is 12.7. The molecule has 6 rings (SSSR count). The van der Waals surface area contributed by atoms with E-state index in [4.69, 9.17) is 14.8 Å². The van der Waals surface area contributed by atoms with Gasteiger partial charge in [-0.15, -0.1) is 0 Å². The average molecular weight is 563 g/mol. The van der Waals surface area contributed by atoms with Crippen LogP contribution in [0.1, 0.15) is 42.1 Å². The van der Waals surface area contributed by atoms with Gasteiger partial charge in [0.1, 0.15) is 17.8 Å². The van der Waals surface area contributed by atoms with Crippen molar-refractivity contribution in [1.29, 1.82) is 0 Å². The van der Waals surface area contributed by atoms with E-state index in [0.717, 1.165) is 47.4 Å². The highest BCUT2D eigenvalue weighted by Crippen LogP contribution is 2.36. The van der Waals surface area contributed by atoms with E-state index >= 15 is 4.39 Å². The zero-order valence-electron chi connectivity index (χ0n) is 21.6. The van der Waals surface area contributed by atoms with Gasteiger partial charge in [0.05, 0.1) is 36.9 Å². The molecule has 38 heavy (non-hydrogen) atoms. The van der Waals surface area contributed by atoms with E-state index in [-0.39, 0.29) is 52.0 Å². The Morgan fingerprint density at radius 1 is 1.16 bits per heavy atom. The number of hydrogen-bond donors (Lipinski definition) is 1. The number of anilines is 1. The highest BCUT2D eigenvalue weighted by molar-refractivity contribution is 7.59. The molecule has 0 radical (unpaired) electrons. The molecule has 3 saturated heterocycles. The lowest BCUT2D eigenvalue weighted by atomic mass is 9.85. The van der Waals surface area contributed by atoms with Gasteiger partial charge in [-0.1, -0.05) is 0 Å². The van der Waals surface area contributed by atoms with Gasteiger partial charge in [0, 0.05) is 37.0 Å². The smallest absolute Gasteiger partial charge is 0.304 e. The summed E-state index contributed by atoms with van der Waals surface area (Å²) < 4.78 is 22.9. The SMILES string of the molecule is Cc1nc(N2C[C@@H]3C[C@H]2CO3)cc(-n2ncc3cc(C)c(C4CCN(CCC(=O)O)CC4F)cc32)n1.S.S. The van der Waals surface area contributed by atoms with Gasteiger partial charge >= 0.3 is 5.97 Å². The summed E-state index contributed by atoms with van der Waals surface area (Å²) in [5.74, 6) is 1.19. The maximum atomic E-state index is 15.3. The Labute approximate surface area is 235 Å². The summed E-state index contributed by atoms with van der Waals surface area (Å²) >= 11 is 0. The predicted octanol–water partition coefficient (Wildman–Crippen LogP) is 3.24. The zero-order chi connectivity index (χ0) is 25.0. The van der Waals surface area contributed by atoms with Crippen LogP contribution in [0.25, 0.3) is 16.7 Å². The van der Waals surface area contributed by atoms with E-state index in [1.54, 1.807) is 0 Å². The van der Waals surface area contributed by atoms with E-state index in [0.29, 0.717) is 37.2 Å². The van der Waals surface area contributed by atoms with Crippen molar-refractivity contribution in [1.82, 2.24) is 24.6 Å². The number of hydrogen-bond acceptors (Lipinski definition) is 7. The van der Waals surface area contributed by atoms with Crippen LogP contribution in [0.3, 0.4) is 0 Å². The minimum atomic E-state index is -1.05. The summed E-state index contributed by atoms with van der Waals surface area (Å²) in [5.41, 5.74) is 2.92. The quantitative estimate of drug-likeness (QED) is 0.489. The van der Waals surface area contributed by atoms with Gasteiger partial charge in [0.15, 0.2) is 5.82 Å². The lowest BCUT2D eigenvalue weighted by Gasteiger charge is -2.35. The van der Waals surface area contributed by atoms with Crippen LogP contribution in [0.15, 0.2) is 24.4 Å². The summed E-state index contributed by atoms with van der Waals surface area (Å²) in [6.07, 6.45) is 2.77. The molecule has 5 heterocycles. The molecular formula is C26H35FN6O3S2. The molecule has 1 aromatic carbocycles. The lowest BCUT2D eigenvalue weighted by Crippen LogP contribution is -2.41. The summed E-state index contributed by atoms with van der Waals surface area (Å²) in [5, 5.41) is 14.6. The first-order valence-corrected chi connectivity index (χ1v) is 12.7. The Balaban J connectivity index is 0.00000168. The fourth-order valence-electron chi connectivity index (χ4n) is 6.03. The van der Waals surface area contributed by atoms with E-state index in [1.807, 2.05) is 35.7 Å². The summed E-state index contributed by atoms with van der Waals surface area (Å²) in [7, 11) is 0. The largest absolute Gasteiger partial charge is 0.481 e. The summed E-state index contributed by atoms with van der Waals surface area (Å²) in [4.78, 5) is 24.5. The number of benzene rings is 1. The second-order valence-electron chi connectivity index (χ2n) is 10.3. The number of fused-ring (bicyclic) bond motifs is 3. The minimum Gasteiger partial charge on any atom is -0.481 e. The highest BCUT2D eigenvalue weighted by atomic mass is 32.1.